The number of unbranched alkanes of at least 4 members (excludes halogenated alkanes) is 9. The Morgan fingerprint density at radius 1 is 0.826 bits per heavy atom. The van der Waals surface area contributed by atoms with E-state index in [9.17, 15) is 4.79 Å². The number of carbonyl (C=O) groups excluding carboxylic acids is 1. The van der Waals surface area contributed by atoms with Crippen LogP contribution in [0.2, 0.25) is 0 Å². The van der Waals surface area contributed by atoms with Crippen molar-refractivity contribution in [3.05, 3.63) is 24.3 Å². The first-order chi connectivity index (χ1) is 11.2. The van der Waals surface area contributed by atoms with Crippen molar-refractivity contribution in [3.8, 4) is 0 Å². The van der Waals surface area contributed by atoms with Crippen molar-refractivity contribution >= 4 is 5.91 Å². The largest absolute Gasteiger partial charge is 0.369 e. The molecule has 2 heteroatoms. The van der Waals surface area contributed by atoms with E-state index in [1.807, 2.05) is 6.92 Å². The van der Waals surface area contributed by atoms with Crippen LogP contribution in [-0.4, -0.2) is 5.91 Å². The summed E-state index contributed by atoms with van der Waals surface area (Å²) >= 11 is 0. The van der Waals surface area contributed by atoms with Gasteiger partial charge in [-0.05, 0) is 38.5 Å². The normalized spacial score (nSPS) is 13.1. The minimum atomic E-state index is -0.160. The Bertz CT molecular complexity index is 320. The van der Waals surface area contributed by atoms with E-state index in [2.05, 4.69) is 31.2 Å². The van der Waals surface area contributed by atoms with Gasteiger partial charge >= 0.3 is 0 Å². The Balaban J connectivity index is 3.23. The SMILES string of the molecule is CCCCCC=CCC=CCCCCCCCCC(C)C(N)=O. The van der Waals surface area contributed by atoms with E-state index in [0.717, 1.165) is 19.3 Å². The molecule has 134 valence electrons. The van der Waals surface area contributed by atoms with Crippen LogP contribution in [0.1, 0.15) is 97.3 Å². The molecule has 0 saturated heterocycles. The van der Waals surface area contributed by atoms with Crippen molar-refractivity contribution in [1.29, 1.82) is 0 Å². The van der Waals surface area contributed by atoms with Crippen molar-refractivity contribution in [2.75, 3.05) is 0 Å². The molecule has 0 saturated carbocycles. The van der Waals surface area contributed by atoms with Gasteiger partial charge in [-0.1, -0.05) is 83.1 Å². The summed E-state index contributed by atoms with van der Waals surface area (Å²) in [7, 11) is 0. The zero-order valence-electron chi connectivity index (χ0n) is 15.6. The quantitative estimate of drug-likeness (QED) is 0.262. The van der Waals surface area contributed by atoms with Crippen LogP contribution < -0.4 is 5.73 Å². The van der Waals surface area contributed by atoms with Crippen LogP contribution in [0.25, 0.3) is 0 Å². The van der Waals surface area contributed by atoms with Gasteiger partial charge < -0.3 is 5.73 Å². The molecule has 0 heterocycles. The van der Waals surface area contributed by atoms with Gasteiger partial charge in [0.1, 0.15) is 0 Å². The molecule has 0 bridgehead atoms. The lowest BCUT2D eigenvalue weighted by atomic mass is 10.0. The smallest absolute Gasteiger partial charge is 0.220 e. The van der Waals surface area contributed by atoms with E-state index in [-0.39, 0.29) is 11.8 Å². The topological polar surface area (TPSA) is 43.1 Å². The number of hydrogen-bond acceptors (Lipinski definition) is 1. The summed E-state index contributed by atoms with van der Waals surface area (Å²) in [5, 5.41) is 0. The highest BCUT2D eigenvalue weighted by Crippen LogP contribution is 2.12. The molecule has 1 unspecified atom stereocenters. The van der Waals surface area contributed by atoms with Crippen LogP contribution in [0.3, 0.4) is 0 Å². The van der Waals surface area contributed by atoms with Crippen LogP contribution in [0.4, 0.5) is 0 Å². The van der Waals surface area contributed by atoms with E-state index in [1.165, 1.54) is 64.2 Å². The Morgan fingerprint density at radius 2 is 1.35 bits per heavy atom. The average molecular weight is 322 g/mol. The van der Waals surface area contributed by atoms with E-state index < -0.39 is 0 Å². The molecule has 2 N–H and O–H groups in total. The second kappa shape index (κ2) is 17.3. The Labute approximate surface area is 144 Å². The summed E-state index contributed by atoms with van der Waals surface area (Å²) in [6.45, 7) is 4.17. The van der Waals surface area contributed by atoms with Gasteiger partial charge in [-0.15, -0.1) is 0 Å². The highest BCUT2D eigenvalue weighted by molar-refractivity contribution is 5.76. The van der Waals surface area contributed by atoms with E-state index in [4.69, 9.17) is 5.73 Å². The third-order valence-corrected chi connectivity index (χ3v) is 4.32. The zero-order valence-corrected chi connectivity index (χ0v) is 15.6. The zero-order chi connectivity index (χ0) is 17.2. The van der Waals surface area contributed by atoms with Gasteiger partial charge in [-0.25, -0.2) is 0 Å². The molecule has 0 aliphatic carbocycles. The molecule has 0 aromatic rings. The highest BCUT2D eigenvalue weighted by atomic mass is 16.1. The Morgan fingerprint density at radius 3 is 1.91 bits per heavy atom. The van der Waals surface area contributed by atoms with Crippen molar-refractivity contribution in [1.82, 2.24) is 0 Å². The predicted molar refractivity (Wildman–Crippen MR) is 102 cm³/mol. The molecule has 0 aliphatic rings. The molecule has 0 fully saturated rings. The van der Waals surface area contributed by atoms with Gasteiger partial charge in [-0.2, -0.15) is 0 Å². The summed E-state index contributed by atoms with van der Waals surface area (Å²) in [6, 6.07) is 0. The fourth-order valence-electron chi connectivity index (χ4n) is 2.58. The third-order valence-electron chi connectivity index (χ3n) is 4.32. The van der Waals surface area contributed by atoms with E-state index in [1.54, 1.807) is 0 Å². The number of nitrogens with two attached hydrogens (primary N) is 1. The van der Waals surface area contributed by atoms with Gasteiger partial charge in [-0.3, -0.25) is 4.79 Å². The molecule has 0 spiro atoms. The Kier molecular flexibility index (Phi) is 16.5. The number of hydrogen-bond donors (Lipinski definition) is 1. The fourth-order valence-corrected chi connectivity index (χ4v) is 2.58. The van der Waals surface area contributed by atoms with Gasteiger partial charge in [0.15, 0.2) is 0 Å². The molecule has 2 nitrogen and oxygen atoms in total. The second-order valence-corrected chi connectivity index (χ2v) is 6.68. The van der Waals surface area contributed by atoms with Crippen molar-refractivity contribution in [3.63, 3.8) is 0 Å². The maximum absolute atomic E-state index is 10.9. The van der Waals surface area contributed by atoms with Crippen LogP contribution in [0.15, 0.2) is 24.3 Å². The first-order valence-corrected chi connectivity index (χ1v) is 9.77. The van der Waals surface area contributed by atoms with Gasteiger partial charge in [0.05, 0.1) is 0 Å². The Hall–Kier alpha value is -1.05. The molecule has 0 aromatic heterocycles. The van der Waals surface area contributed by atoms with Gasteiger partial charge in [0.2, 0.25) is 5.91 Å². The minimum absolute atomic E-state index is 0.0424. The lowest BCUT2D eigenvalue weighted by Gasteiger charge is -2.06. The van der Waals surface area contributed by atoms with Gasteiger partial charge in [0.25, 0.3) is 0 Å². The van der Waals surface area contributed by atoms with Crippen molar-refractivity contribution in [2.24, 2.45) is 11.7 Å². The molecule has 0 aliphatic heterocycles. The first-order valence-electron chi connectivity index (χ1n) is 9.77. The second-order valence-electron chi connectivity index (χ2n) is 6.68. The summed E-state index contributed by atoms with van der Waals surface area (Å²) in [5.74, 6) is -0.117. The van der Waals surface area contributed by atoms with Crippen LogP contribution in [0.5, 0.6) is 0 Å². The number of rotatable bonds is 16. The molecule has 0 aromatic carbocycles. The van der Waals surface area contributed by atoms with Crippen LogP contribution in [0, 0.1) is 5.92 Å². The van der Waals surface area contributed by atoms with Gasteiger partial charge in [0, 0.05) is 5.92 Å². The third kappa shape index (κ3) is 17.1. The monoisotopic (exact) mass is 321 g/mol. The lowest BCUT2D eigenvalue weighted by Crippen LogP contribution is -2.20. The summed E-state index contributed by atoms with van der Waals surface area (Å²) in [6.07, 6.45) is 25.3. The maximum Gasteiger partial charge on any atom is 0.220 e. The summed E-state index contributed by atoms with van der Waals surface area (Å²) < 4.78 is 0. The minimum Gasteiger partial charge on any atom is -0.369 e. The summed E-state index contributed by atoms with van der Waals surface area (Å²) in [5.41, 5.74) is 5.25. The molecular formula is C21H39NO. The predicted octanol–water partition coefficient (Wildman–Crippen LogP) is 6.31. The molecule has 23 heavy (non-hydrogen) atoms. The number of primary amides is 1. The maximum atomic E-state index is 10.9. The highest BCUT2D eigenvalue weighted by Gasteiger charge is 2.06. The van der Waals surface area contributed by atoms with E-state index >= 15 is 0 Å². The number of carbonyl (C=O) groups is 1. The molecule has 1 amide bonds. The molecule has 0 rings (SSSR count). The standard InChI is InChI=1S/C21H39NO/c1-3-4-5-6-7-8-9-10-11-12-13-14-15-16-17-18-19-20(2)21(22)23/h7-8,10-11,20H,3-6,9,12-19H2,1-2H3,(H2,22,23). The molecular weight excluding hydrogens is 282 g/mol. The van der Waals surface area contributed by atoms with E-state index in [0.29, 0.717) is 0 Å². The van der Waals surface area contributed by atoms with Crippen molar-refractivity contribution < 1.29 is 4.79 Å². The van der Waals surface area contributed by atoms with Crippen LogP contribution >= 0.6 is 0 Å². The van der Waals surface area contributed by atoms with Crippen molar-refractivity contribution in [2.45, 2.75) is 97.3 Å². The average Bonchev–Trinajstić information content (AvgIpc) is 2.54. The number of allylic oxidation sites excluding steroid dienone is 4. The first kappa shape index (κ1) is 21.9. The summed E-state index contributed by atoms with van der Waals surface area (Å²) in [4.78, 5) is 10.9. The molecule has 0 radical (unpaired) electrons. The fraction of sp³-hybridized carbons (Fsp3) is 0.762. The lowest BCUT2D eigenvalue weighted by molar-refractivity contribution is -0.121. The molecule has 1 atom stereocenters. The number of amides is 1. The van der Waals surface area contributed by atoms with Crippen LogP contribution in [-0.2, 0) is 4.79 Å².